The number of nitrogens with zero attached hydrogens (tertiary/aromatic N) is 2. The molecule has 1 heterocycles. The Kier molecular flexibility index (Phi) is 5.07. The number of nitriles is 1. The summed E-state index contributed by atoms with van der Waals surface area (Å²) in [6.07, 6.45) is 0.178. The van der Waals surface area contributed by atoms with Crippen LogP contribution in [0.25, 0.3) is 0 Å². The minimum absolute atomic E-state index is 0.203. The third-order valence-electron chi connectivity index (χ3n) is 2.67. The molecule has 0 bridgehead atoms. The van der Waals surface area contributed by atoms with Crippen LogP contribution in [0.5, 0.6) is 0 Å². The summed E-state index contributed by atoms with van der Waals surface area (Å²) in [5.74, 6) is -0.537. The second-order valence-corrected chi connectivity index (χ2v) is 3.95. The fourth-order valence-electron chi connectivity index (χ4n) is 1.78. The summed E-state index contributed by atoms with van der Waals surface area (Å²) >= 11 is 0. The maximum atomic E-state index is 11.5. The van der Waals surface area contributed by atoms with Crippen LogP contribution in [0.3, 0.4) is 0 Å². The molecular weight excluding hydrogens is 222 g/mol. The Morgan fingerprint density at radius 3 is 2.94 bits per heavy atom. The lowest BCUT2D eigenvalue weighted by molar-refractivity contribution is -0.140. The Bertz CT molecular complexity index is 337. The zero-order chi connectivity index (χ0) is 12.8. The van der Waals surface area contributed by atoms with Crippen LogP contribution in [0, 0.1) is 11.3 Å². The molecule has 1 aliphatic heterocycles. The molecule has 2 amide bonds. The molecule has 2 atom stereocenters. The highest BCUT2D eigenvalue weighted by molar-refractivity contribution is 6.01. The first-order valence-electron chi connectivity index (χ1n) is 5.67. The van der Waals surface area contributed by atoms with Gasteiger partial charge in [0.05, 0.1) is 25.3 Å². The van der Waals surface area contributed by atoms with Crippen LogP contribution < -0.4 is 5.32 Å². The number of hydrogen-bond donors (Lipinski definition) is 1. The van der Waals surface area contributed by atoms with E-state index in [9.17, 15) is 9.59 Å². The number of piperazine rings is 1. The standard InChI is InChI=1S/C11H17N3O3/c1-3-9-11(16)13-10(15)7-14(9)4-5-17-8(2)6-12/h8-9H,3-5,7H2,1-2H3,(H,13,15,16). The predicted molar refractivity (Wildman–Crippen MR) is 59.8 cm³/mol. The van der Waals surface area contributed by atoms with Crippen molar-refractivity contribution in [3.8, 4) is 6.07 Å². The van der Waals surface area contributed by atoms with Gasteiger partial charge in [0.1, 0.15) is 6.10 Å². The second-order valence-electron chi connectivity index (χ2n) is 3.95. The van der Waals surface area contributed by atoms with Gasteiger partial charge in [0.2, 0.25) is 11.8 Å². The highest BCUT2D eigenvalue weighted by atomic mass is 16.5. The zero-order valence-electron chi connectivity index (χ0n) is 10.1. The van der Waals surface area contributed by atoms with Crippen LogP contribution in [-0.4, -0.2) is 48.6 Å². The number of hydrogen-bond acceptors (Lipinski definition) is 5. The van der Waals surface area contributed by atoms with Crippen LogP contribution >= 0.6 is 0 Å². The number of amides is 2. The van der Waals surface area contributed by atoms with Gasteiger partial charge >= 0.3 is 0 Å². The van der Waals surface area contributed by atoms with Gasteiger partial charge in [0.25, 0.3) is 0 Å². The first-order chi connectivity index (χ1) is 8.08. The average Bonchev–Trinajstić information content (AvgIpc) is 2.28. The van der Waals surface area contributed by atoms with Gasteiger partial charge in [-0.3, -0.25) is 19.8 Å². The molecule has 1 rings (SSSR count). The highest BCUT2D eigenvalue weighted by Gasteiger charge is 2.31. The summed E-state index contributed by atoms with van der Waals surface area (Å²) in [6.45, 7) is 4.57. The van der Waals surface area contributed by atoms with E-state index in [1.165, 1.54) is 0 Å². The molecule has 6 heteroatoms. The van der Waals surface area contributed by atoms with Crippen molar-refractivity contribution in [2.75, 3.05) is 19.7 Å². The predicted octanol–water partition coefficient (Wildman–Crippen LogP) is -0.348. The molecule has 1 aliphatic rings. The zero-order valence-corrected chi connectivity index (χ0v) is 10.1. The molecular formula is C11H17N3O3. The minimum atomic E-state index is -0.468. The van der Waals surface area contributed by atoms with Crippen molar-refractivity contribution in [1.82, 2.24) is 10.2 Å². The Labute approximate surface area is 101 Å². The third kappa shape index (κ3) is 3.80. The van der Waals surface area contributed by atoms with Crippen molar-refractivity contribution in [2.24, 2.45) is 0 Å². The van der Waals surface area contributed by atoms with E-state index in [4.69, 9.17) is 10.00 Å². The summed E-state index contributed by atoms with van der Waals surface area (Å²) in [5, 5.41) is 10.9. The molecule has 1 saturated heterocycles. The van der Waals surface area contributed by atoms with Gasteiger partial charge in [-0.15, -0.1) is 0 Å². The van der Waals surface area contributed by atoms with E-state index in [1.54, 1.807) is 11.8 Å². The highest BCUT2D eigenvalue weighted by Crippen LogP contribution is 2.08. The lowest BCUT2D eigenvalue weighted by Gasteiger charge is -2.33. The normalized spacial score (nSPS) is 23.0. The number of carbonyl (C=O) groups is 2. The van der Waals surface area contributed by atoms with Crippen molar-refractivity contribution in [3.63, 3.8) is 0 Å². The van der Waals surface area contributed by atoms with Crippen LogP contribution in [0.15, 0.2) is 0 Å². The summed E-state index contributed by atoms with van der Waals surface area (Å²) in [5.41, 5.74) is 0. The van der Waals surface area contributed by atoms with E-state index < -0.39 is 6.10 Å². The maximum absolute atomic E-state index is 11.5. The molecule has 0 aromatic carbocycles. The maximum Gasteiger partial charge on any atom is 0.243 e. The van der Waals surface area contributed by atoms with Gasteiger partial charge in [-0.25, -0.2) is 0 Å². The summed E-state index contributed by atoms with van der Waals surface area (Å²) in [4.78, 5) is 24.5. The van der Waals surface area contributed by atoms with Crippen LogP contribution in [-0.2, 0) is 14.3 Å². The lowest BCUT2D eigenvalue weighted by Crippen LogP contribution is -2.58. The second kappa shape index (κ2) is 6.33. The fraction of sp³-hybridized carbons (Fsp3) is 0.727. The van der Waals surface area contributed by atoms with E-state index in [0.29, 0.717) is 19.6 Å². The first kappa shape index (κ1) is 13.6. The van der Waals surface area contributed by atoms with Gasteiger partial charge in [0, 0.05) is 6.54 Å². The molecule has 0 spiro atoms. The number of rotatable bonds is 5. The van der Waals surface area contributed by atoms with Crippen LogP contribution in [0.4, 0.5) is 0 Å². The number of carbonyl (C=O) groups excluding carboxylic acids is 2. The molecule has 2 unspecified atom stereocenters. The third-order valence-corrected chi connectivity index (χ3v) is 2.67. The van der Waals surface area contributed by atoms with Crippen molar-refractivity contribution >= 4 is 11.8 Å². The van der Waals surface area contributed by atoms with E-state index in [0.717, 1.165) is 0 Å². The van der Waals surface area contributed by atoms with Gasteiger partial charge in [-0.05, 0) is 13.3 Å². The number of nitrogens with one attached hydrogen (secondary N) is 1. The molecule has 1 fully saturated rings. The Balaban J connectivity index is 2.46. The van der Waals surface area contributed by atoms with Crippen LogP contribution in [0.1, 0.15) is 20.3 Å². The van der Waals surface area contributed by atoms with Crippen molar-refractivity contribution in [3.05, 3.63) is 0 Å². The van der Waals surface area contributed by atoms with Crippen molar-refractivity contribution < 1.29 is 14.3 Å². The average molecular weight is 239 g/mol. The summed E-state index contributed by atoms with van der Waals surface area (Å²) < 4.78 is 5.21. The largest absolute Gasteiger partial charge is 0.362 e. The SMILES string of the molecule is CCC1C(=O)NC(=O)CN1CCOC(C)C#N. The van der Waals surface area contributed by atoms with E-state index in [1.807, 2.05) is 13.0 Å². The van der Waals surface area contributed by atoms with Crippen molar-refractivity contribution in [1.29, 1.82) is 5.26 Å². The molecule has 0 saturated carbocycles. The molecule has 94 valence electrons. The van der Waals surface area contributed by atoms with E-state index in [-0.39, 0.29) is 24.4 Å². The van der Waals surface area contributed by atoms with Gasteiger partial charge < -0.3 is 4.74 Å². The van der Waals surface area contributed by atoms with Crippen molar-refractivity contribution in [2.45, 2.75) is 32.4 Å². The Hall–Kier alpha value is -1.45. The number of imide groups is 1. The molecule has 0 radical (unpaired) electrons. The first-order valence-corrected chi connectivity index (χ1v) is 5.67. The fourth-order valence-corrected chi connectivity index (χ4v) is 1.78. The molecule has 17 heavy (non-hydrogen) atoms. The van der Waals surface area contributed by atoms with Gasteiger partial charge in [-0.1, -0.05) is 6.92 Å². The molecule has 0 aromatic rings. The van der Waals surface area contributed by atoms with E-state index >= 15 is 0 Å². The smallest absolute Gasteiger partial charge is 0.243 e. The molecule has 0 aromatic heterocycles. The Morgan fingerprint density at radius 1 is 1.65 bits per heavy atom. The van der Waals surface area contributed by atoms with Gasteiger partial charge in [0.15, 0.2) is 0 Å². The monoisotopic (exact) mass is 239 g/mol. The lowest BCUT2D eigenvalue weighted by atomic mass is 10.1. The van der Waals surface area contributed by atoms with E-state index in [2.05, 4.69) is 5.32 Å². The topological polar surface area (TPSA) is 82.4 Å². The number of ether oxygens (including phenoxy) is 1. The summed E-state index contributed by atoms with van der Waals surface area (Å²) in [7, 11) is 0. The Morgan fingerprint density at radius 2 is 2.35 bits per heavy atom. The minimum Gasteiger partial charge on any atom is -0.362 e. The molecule has 0 aliphatic carbocycles. The quantitative estimate of drug-likeness (QED) is 0.663. The molecule has 6 nitrogen and oxygen atoms in total. The van der Waals surface area contributed by atoms with Crippen LogP contribution in [0.2, 0.25) is 0 Å². The summed E-state index contributed by atoms with van der Waals surface area (Å²) in [6, 6.07) is 1.67. The van der Waals surface area contributed by atoms with Gasteiger partial charge in [-0.2, -0.15) is 5.26 Å². The molecule has 1 N–H and O–H groups in total.